The van der Waals surface area contributed by atoms with Crippen LogP contribution >= 0.6 is 15.9 Å². The fraction of sp³-hybridized carbons (Fsp3) is 0.333. The Morgan fingerprint density at radius 3 is 2.67 bits per heavy atom. The number of anilines is 1. The molecule has 0 unspecified atom stereocenters. The van der Waals surface area contributed by atoms with Gasteiger partial charge in [-0.3, -0.25) is 0 Å². The summed E-state index contributed by atoms with van der Waals surface area (Å²) in [5.74, 6) is 0.956. The van der Waals surface area contributed by atoms with Crippen molar-refractivity contribution in [2.75, 3.05) is 11.9 Å². The number of rotatable bonds is 6. The van der Waals surface area contributed by atoms with Gasteiger partial charge in [-0.2, -0.15) is 0 Å². The second-order valence-electron chi connectivity index (χ2n) is 5.27. The molecular weight excluding hydrogens is 326 g/mol. The molecular formula is C18H22BrNO. The smallest absolute Gasteiger partial charge is 0.124 e. The molecule has 0 bridgehead atoms. The van der Waals surface area contributed by atoms with Gasteiger partial charge in [0.25, 0.3) is 0 Å². The normalized spacial score (nSPS) is 10.5. The Hall–Kier alpha value is -1.48. The summed E-state index contributed by atoms with van der Waals surface area (Å²) in [6, 6.07) is 12.6. The molecule has 0 saturated carbocycles. The number of nitrogens with one attached hydrogen (secondary N) is 1. The lowest BCUT2D eigenvalue weighted by molar-refractivity contribution is 0.314. The van der Waals surface area contributed by atoms with E-state index in [4.69, 9.17) is 4.74 Å². The van der Waals surface area contributed by atoms with Gasteiger partial charge in [-0.05, 0) is 55.7 Å². The minimum absolute atomic E-state index is 0.748. The summed E-state index contributed by atoms with van der Waals surface area (Å²) in [7, 11) is 0. The number of ether oxygens (including phenoxy) is 1. The topological polar surface area (TPSA) is 21.3 Å². The van der Waals surface area contributed by atoms with Crippen LogP contribution in [-0.2, 0) is 6.54 Å². The van der Waals surface area contributed by atoms with E-state index in [9.17, 15) is 0 Å². The molecule has 0 aromatic heterocycles. The third-order valence-electron chi connectivity index (χ3n) is 3.35. The summed E-state index contributed by atoms with van der Waals surface area (Å²) in [5.41, 5.74) is 4.86. The zero-order valence-corrected chi connectivity index (χ0v) is 14.5. The van der Waals surface area contributed by atoms with Crippen molar-refractivity contribution in [3.63, 3.8) is 0 Å². The summed E-state index contributed by atoms with van der Waals surface area (Å²) < 4.78 is 6.90. The van der Waals surface area contributed by atoms with Crippen LogP contribution in [-0.4, -0.2) is 6.61 Å². The third kappa shape index (κ3) is 4.50. The van der Waals surface area contributed by atoms with Crippen LogP contribution in [0.25, 0.3) is 0 Å². The van der Waals surface area contributed by atoms with Crippen LogP contribution in [0, 0.1) is 13.8 Å². The van der Waals surface area contributed by atoms with E-state index >= 15 is 0 Å². The van der Waals surface area contributed by atoms with Crippen molar-refractivity contribution in [2.24, 2.45) is 0 Å². The van der Waals surface area contributed by atoms with Crippen molar-refractivity contribution in [1.29, 1.82) is 0 Å². The Labute approximate surface area is 135 Å². The van der Waals surface area contributed by atoms with E-state index in [1.165, 1.54) is 22.4 Å². The van der Waals surface area contributed by atoms with Crippen LogP contribution in [0.4, 0.5) is 5.69 Å². The van der Waals surface area contributed by atoms with Gasteiger partial charge < -0.3 is 10.1 Å². The molecule has 0 atom stereocenters. The summed E-state index contributed by atoms with van der Waals surface area (Å²) in [5, 5.41) is 3.51. The SMILES string of the molecule is CCCOc1ccc(Br)cc1CNc1cc(C)ccc1C. The van der Waals surface area contributed by atoms with E-state index in [0.717, 1.165) is 29.8 Å². The second-order valence-corrected chi connectivity index (χ2v) is 6.19. The summed E-state index contributed by atoms with van der Waals surface area (Å²) >= 11 is 3.53. The molecule has 2 rings (SSSR count). The predicted molar refractivity (Wildman–Crippen MR) is 93.2 cm³/mol. The number of aryl methyl sites for hydroxylation is 2. The van der Waals surface area contributed by atoms with Crippen molar-refractivity contribution in [3.05, 3.63) is 57.6 Å². The van der Waals surface area contributed by atoms with Gasteiger partial charge >= 0.3 is 0 Å². The lowest BCUT2D eigenvalue weighted by atomic mass is 10.1. The highest BCUT2D eigenvalue weighted by atomic mass is 79.9. The maximum absolute atomic E-state index is 5.82. The molecule has 0 aliphatic heterocycles. The molecule has 2 aromatic carbocycles. The Morgan fingerprint density at radius 2 is 1.90 bits per heavy atom. The fourth-order valence-corrected chi connectivity index (χ4v) is 2.56. The molecule has 0 heterocycles. The van der Waals surface area contributed by atoms with Crippen molar-refractivity contribution >= 4 is 21.6 Å². The standard InChI is InChI=1S/C18H22BrNO/c1-4-9-21-18-8-7-16(19)11-15(18)12-20-17-10-13(2)5-6-14(17)3/h5-8,10-11,20H,4,9,12H2,1-3H3. The maximum atomic E-state index is 5.82. The van der Waals surface area contributed by atoms with Gasteiger partial charge in [-0.15, -0.1) is 0 Å². The molecule has 21 heavy (non-hydrogen) atoms. The van der Waals surface area contributed by atoms with Crippen LogP contribution in [0.2, 0.25) is 0 Å². The van der Waals surface area contributed by atoms with Crippen LogP contribution in [0.3, 0.4) is 0 Å². The Morgan fingerprint density at radius 1 is 1.10 bits per heavy atom. The van der Waals surface area contributed by atoms with Crippen molar-refractivity contribution in [3.8, 4) is 5.75 Å². The Bertz CT molecular complexity index is 610. The first-order chi connectivity index (χ1) is 10.1. The molecule has 0 spiro atoms. The molecule has 0 radical (unpaired) electrons. The second kappa shape index (κ2) is 7.51. The fourth-order valence-electron chi connectivity index (χ4n) is 2.16. The summed E-state index contributed by atoms with van der Waals surface area (Å²) in [6.07, 6.45) is 1.01. The van der Waals surface area contributed by atoms with E-state index < -0.39 is 0 Å². The molecule has 0 aliphatic carbocycles. The van der Waals surface area contributed by atoms with Crippen LogP contribution in [0.1, 0.15) is 30.0 Å². The zero-order chi connectivity index (χ0) is 15.2. The van der Waals surface area contributed by atoms with E-state index in [1.807, 2.05) is 12.1 Å². The molecule has 0 fully saturated rings. The largest absolute Gasteiger partial charge is 0.493 e. The Kier molecular flexibility index (Phi) is 5.68. The van der Waals surface area contributed by atoms with Gasteiger partial charge in [0, 0.05) is 22.3 Å². The molecule has 1 N–H and O–H groups in total. The lowest BCUT2D eigenvalue weighted by Gasteiger charge is -2.14. The van der Waals surface area contributed by atoms with E-state index in [-0.39, 0.29) is 0 Å². The van der Waals surface area contributed by atoms with Crippen molar-refractivity contribution < 1.29 is 4.74 Å². The van der Waals surface area contributed by atoms with Crippen molar-refractivity contribution in [2.45, 2.75) is 33.7 Å². The highest BCUT2D eigenvalue weighted by Crippen LogP contribution is 2.25. The van der Waals surface area contributed by atoms with Crippen LogP contribution in [0.15, 0.2) is 40.9 Å². The third-order valence-corrected chi connectivity index (χ3v) is 3.84. The summed E-state index contributed by atoms with van der Waals surface area (Å²) in [6.45, 7) is 7.85. The minimum atomic E-state index is 0.748. The monoisotopic (exact) mass is 347 g/mol. The van der Waals surface area contributed by atoms with E-state index in [2.05, 4.69) is 66.3 Å². The van der Waals surface area contributed by atoms with Gasteiger partial charge in [0.2, 0.25) is 0 Å². The Balaban J connectivity index is 2.14. The average molecular weight is 348 g/mol. The predicted octanol–water partition coefficient (Wildman–Crippen LogP) is 5.47. The number of benzene rings is 2. The van der Waals surface area contributed by atoms with Gasteiger partial charge in [0.15, 0.2) is 0 Å². The molecule has 2 aromatic rings. The summed E-state index contributed by atoms with van der Waals surface area (Å²) in [4.78, 5) is 0. The lowest BCUT2D eigenvalue weighted by Crippen LogP contribution is -2.05. The molecule has 0 amide bonds. The van der Waals surface area contributed by atoms with Gasteiger partial charge in [-0.25, -0.2) is 0 Å². The van der Waals surface area contributed by atoms with E-state index in [0.29, 0.717) is 0 Å². The zero-order valence-electron chi connectivity index (χ0n) is 12.9. The number of hydrogen-bond donors (Lipinski definition) is 1. The van der Waals surface area contributed by atoms with Gasteiger partial charge in [-0.1, -0.05) is 35.0 Å². The molecule has 2 nitrogen and oxygen atoms in total. The van der Waals surface area contributed by atoms with E-state index in [1.54, 1.807) is 0 Å². The van der Waals surface area contributed by atoms with Crippen LogP contribution in [0.5, 0.6) is 5.75 Å². The quantitative estimate of drug-likeness (QED) is 0.748. The molecule has 112 valence electrons. The van der Waals surface area contributed by atoms with Crippen molar-refractivity contribution in [1.82, 2.24) is 0 Å². The first kappa shape index (κ1) is 15.9. The maximum Gasteiger partial charge on any atom is 0.124 e. The van der Waals surface area contributed by atoms with Crippen LogP contribution < -0.4 is 10.1 Å². The van der Waals surface area contributed by atoms with Gasteiger partial charge in [0.05, 0.1) is 6.61 Å². The highest BCUT2D eigenvalue weighted by molar-refractivity contribution is 9.10. The molecule has 0 saturated heterocycles. The van der Waals surface area contributed by atoms with Gasteiger partial charge in [0.1, 0.15) is 5.75 Å². The minimum Gasteiger partial charge on any atom is -0.493 e. The average Bonchev–Trinajstić information content (AvgIpc) is 2.47. The number of hydrogen-bond acceptors (Lipinski definition) is 2. The first-order valence-corrected chi connectivity index (χ1v) is 8.12. The molecule has 3 heteroatoms. The first-order valence-electron chi connectivity index (χ1n) is 7.32. The molecule has 0 aliphatic rings. The number of halogens is 1. The highest BCUT2D eigenvalue weighted by Gasteiger charge is 2.06.